The molecule has 0 aliphatic carbocycles. The van der Waals surface area contributed by atoms with Crippen LogP contribution in [0.5, 0.6) is 11.5 Å². The third kappa shape index (κ3) is 6.75. The monoisotopic (exact) mass is 544 g/mol. The van der Waals surface area contributed by atoms with Gasteiger partial charge in [-0.25, -0.2) is 0 Å². The van der Waals surface area contributed by atoms with Crippen molar-refractivity contribution in [2.45, 2.75) is 13.5 Å². The first-order chi connectivity index (χ1) is 15.9. The normalized spacial score (nSPS) is 10.9. The van der Waals surface area contributed by atoms with Gasteiger partial charge in [0.15, 0.2) is 5.75 Å². The third-order valence-corrected chi connectivity index (χ3v) is 5.67. The highest BCUT2D eigenvalue weighted by molar-refractivity contribution is 9.10. The number of nitrogens with one attached hydrogen (secondary N) is 1. The Balaban J connectivity index is 1.76. The quantitative estimate of drug-likeness (QED) is 0.238. The molecule has 3 rings (SSSR count). The molecule has 3 aromatic rings. The van der Waals surface area contributed by atoms with Crippen LogP contribution in [0.1, 0.15) is 18.1 Å². The number of hydrogen-bond donors (Lipinski definition) is 1. The summed E-state index contributed by atoms with van der Waals surface area (Å²) in [5.41, 5.74) is 1.83. The highest BCUT2D eigenvalue weighted by Gasteiger charge is 2.14. The van der Waals surface area contributed by atoms with Gasteiger partial charge >= 0.3 is 0 Å². The van der Waals surface area contributed by atoms with E-state index < -0.39 is 5.91 Å². The minimum absolute atomic E-state index is 0.0792. The highest BCUT2D eigenvalue weighted by atomic mass is 79.9. The molecular formula is C25H19BrCl2N2O3. The van der Waals surface area contributed by atoms with Crippen molar-refractivity contribution in [3.63, 3.8) is 0 Å². The Labute approximate surface area is 210 Å². The minimum atomic E-state index is -0.544. The number of halogens is 3. The fraction of sp³-hybridized carbons (Fsp3) is 0.120. The average molecular weight is 546 g/mol. The molecule has 0 aromatic heterocycles. The summed E-state index contributed by atoms with van der Waals surface area (Å²) in [6.45, 7) is 2.62. The van der Waals surface area contributed by atoms with Crippen LogP contribution in [0, 0.1) is 11.3 Å². The van der Waals surface area contributed by atoms with Crippen LogP contribution in [-0.4, -0.2) is 12.5 Å². The zero-order valence-electron chi connectivity index (χ0n) is 17.6. The molecule has 33 heavy (non-hydrogen) atoms. The van der Waals surface area contributed by atoms with Crippen LogP contribution in [0.4, 0.5) is 5.69 Å². The Hall–Kier alpha value is -2.98. The molecule has 0 aliphatic rings. The molecule has 0 radical (unpaired) electrons. The first-order valence-corrected chi connectivity index (χ1v) is 11.5. The Morgan fingerprint density at radius 3 is 2.58 bits per heavy atom. The number of amides is 1. The number of nitriles is 1. The number of anilines is 1. The van der Waals surface area contributed by atoms with Crippen LogP contribution in [0.15, 0.2) is 70.7 Å². The second-order valence-electron chi connectivity index (χ2n) is 6.78. The molecule has 1 N–H and O–H groups in total. The van der Waals surface area contributed by atoms with E-state index in [1.807, 2.05) is 31.2 Å². The molecule has 0 saturated carbocycles. The van der Waals surface area contributed by atoms with E-state index in [2.05, 4.69) is 21.2 Å². The Morgan fingerprint density at radius 1 is 1.09 bits per heavy atom. The number of rotatable bonds is 8. The molecule has 0 fully saturated rings. The van der Waals surface area contributed by atoms with Gasteiger partial charge in [-0.3, -0.25) is 4.79 Å². The molecule has 3 aromatic carbocycles. The predicted molar refractivity (Wildman–Crippen MR) is 135 cm³/mol. The molecule has 8 heteroatoms. The van der Waals surface area contributed by atoms with Gasteiger partial charge < -0.3 is 14.8 Å². The van der Waals surface area contributed by atoms with Crippen molar-refractivity contribution >= 4 is 56.8 Å². The summed E-state index contributed by atoms with van der Waals surface area (Å²) < 4.78 is 11.8. The maximum Gasteiger partial charge on any atom is 0.266 e. The smallest absolute Gasteiger partial charge is 0.266 e. The van der Waals surface area contributed by atoms with Crippen LogP contribution < -0.4 is 14.8 Å². The lowest BCUT2D eigenvalue weighted by atomic mass is 10.1. The number of ether oxygens (including phenoxy) is 2. The fourth-order valence-electron chi connectivity index (χ4n) is 2.91. The van der Waals surface area contributed by atoms with Crippen molar-refractivity contribution in [1.82, 2.24) is 0 Å². The third-order valence-electron chi connectivity index (χ3n) is 4.43. The molecule has 0 heterocycles. The van der Waals surface area contributed by atoms with E-state index in [9.17, 15) is 10.1 Å². The van der Waals surface area contributed by atoms with E-state index in [-0.39, 0.29) is 12.2 Å². The summed E-state index contributed by atoms with van der Waals surface area (Å²) in [5, 5.41) is 13.1. The molecule has 1 amide bonds. The van der Waals surface area contributed by atoms with Gasteiger partial charge in [0.1, 0.15) is 24.0 Å². The van der Waals surface area contributed by atoms with Crippen molar-refractivity contribution < 1.29 is 14.3 Å². The summed E-state index contributed by atoms with van der Waals surface area (Å²) in [6, 6.07) is 19.6. The van der Waals surface area contributed by atoms with Crippen LogP contribution in [0.2, 0.25) is 10.0 Å². The summed E-state index contributed by atoms with van der Waals surface area (Å²) >= 11 is 16.0. The van der Waals surface area contributed by atoms with Gasteiger partial charge in [0.25, 0.3) is 5.91 Å². The Bertz CT molecular complexity index is 1220. The number of carbonyl (C=O) groups is 1. The van der Waals surface area contributed by atoms with Crippen LogP contribution in [0.3, 0.4) is 0 Å². The van der Waals surface area contributed by atoms with Gasteiger partial charge in [0.05, 0.1) is 16.1 Å². The molecule has 0 saturated heterocycles. The van der Waals surface area contributed by atoms with E-state index in [4.69, 9.17) is 32.7 Å². The molecule has 5 nitrogen and oxygen atoms in total. The first kappa shape index (κ1) is 24.7. The van der Waals surface area contributed by atoms with E-state index >= 15 is 0 Å². The molecule has 0 bridgehead atoms. The van der Waals surface area contributed by atoms with Gasteiger partial charge in [-0.15, -0.1) is 0 Å². The maximum absolute atomic E-state index is 12.6. The SMILES string of the molecule is CCOc1cccc(NC(=O)/C(C#N)=C\c2cc(Cl)c(OCc3ccccc3Cl)c(Br)c2)c1. The Kier molecular flexibility index (Phi) is 8.79. The number of benzene rings is 3. The zero-order valence-corrected chi connectivity index (χ0v) is 20.7. The fourth-order valence-corrected chi connectivity index (χ4v) is 4.09. The Morgan fingerprint density at radius 2 is 1.88 bits per heavy atom. The van der Waals surface area contributed by atoms with Crippen molar-refractivity contribution in [2.75, 3.05) is 11.9 Å². The van der Waals surface area contributed by atoms with Crippen molar-refractivity contribution in [3.8, 4) is 17.6 Å². The lowest BCUT2D eigenvalue weighted by Crippen LogP contribution is -2.13. The molecule has 0 unspecified atom stereocenters. The van der Waals surface area contributed by atoms with Crippen molar-refractivity contribution in [2.24, 2.45) is 0 Å². The maximum atomic E-state index is 12.6. The molecule has 0 aliphatic heterocycles. The van der Waals surface area contributed by atoms with Crippen molar-refractivity contribution in [1.29, 1.82) is 5.26 Å². The van der Waals surface area contributed by atoms with Crippen LogP contribution in [-0.2, 0) is 11.4 Å². The van der Waals surface area contributed by atoms with Crippen LogP contribution in [0.25, 0.3) is 6.08 Å². The second-order valence-corrected chi connectivity index (χ2v) is 8.45. The highest BCUT2D eigenvalue weighted by Crippen LogP contribution is 2.36. The van der Waals surface area contributed by atoms with E-state index in [0.717, 1.165) is 5.56 Å². The molecule has 0 spiro atoms. The van der Waals surface area contributed by atoms with E-state index in [0.29, 0.717) is 43.9 Å². The van der Waals surface area contributed by atoms with Gasteiger partial charge in [0.2, 0.25) is 0 Å². The summed E-state index contributed by atoms with van der Waals surface area (Å²) in [5.74, 6) is 0.516. The lowest BCUT2D eigenvalue weighted by Gasteiger charge is -2.12. The molecular weight excluding hydrogens is 527 g/mol. The van der Waals surface area contributed by atoms with Gasteiger partial charge in [-0.05, 0) is 64.8 Å². The zero-order chi connectivity index (χ0) is 23.8. The van der Waals surface area contributed by atoms with Gasteiger partial charge in [-0.2, -0.15) is 5.26 Å². The first-order valence-electron chi connectivity index (χ1n) is 9.92. The van der Waals surface area contributed by atoms with Gasteiger partial charge in [0, 0.05) is 22.3 Å². The summed E-state index contributed by atoms with van der Waals surface area (Å²) in [6.07, 6.45) is 1.45. The number of carbonyl (C=O) groups excluding carboxylic acids is 1. The van der Waals surface area contributed by atoms with Gasteiger partial charge in [-0.1, -0.05) is 47.5 Å². The summed E-state index contributed by atoms with van der Waals surface area (Å²) in [4.78, 5) is 12.6. The van der Waals surface area contributed by atoms with E-state index in [1.54, 1.807) is 42.5 Å². The largest absolute Gasteiger partial charge is 0.494 e. The standard InChI is InChI=1S/C25H19BrCl2N2O3/c1-2-32-20-8-5-7-19(13-20)30-25(31)18(14-29)10-16-11-21(26)24(23(28)12-16)33-15-17-6-3-4-9-22(17)27/h3-13H,2,15H2,1H3,(H,30,31)/b18-10-. The summed E-state index contributed by atoms with van der Waals surface area (Å²) in [7, 11) is 0. The average Bonchev–Trinajstić information content (AvgIpc) is 2.78. The van der Waals surface area contributed by atoms with Crippen molar-refractivity contribution in [3.05, 3.63) is 91.9 Å². The number of nitrogens with zero attached hydrogens (tertiary/aromatic N) is 1. The molecule has 0 atom stereocenters. The minimum Gasteiger partial charge on any atom is -0.494 e. The second kappa shape index (κ2) is 11.8. The molecule has 168 valence electrons. The number of hydrogen-bond acceptors (Lipinski definition) is 4. The van der Waals surface area contributed by atoms with E-state index in [1.165, 1.54) is 6.08 Å². The topological polar surface area (TPSA) is 71.3 Å². The lowest BCUT2D eigenvalue weighted by molar-refractivity contribution is -0.112. The predicted octanol–water partition coefficient (Wildman–Crippen LogP) is 7.28. The van der Waals surface area contributed by atoms with Crippen LogP contribution >= 0.6 is 39.1 Å².